The molecule has 2 N–H and O–H groups in total. The number of rotatable bonds is 3. The number of hydrogen-bond donors (Lipinski definition) is 2. The van der Waals surface area contributed by atoms with E-state index in [1.165, 1.54) is 26.3 Å². The minimum absolute atomic E-state index is 0.415. The molecule has 19 heavy (non-hydrogen) atoms. The van der Waals surface area contributed by atoms with Crippen molar-refractivity contribution in [1.82, 2.24) is 9.44 Å². The van der Waals surface area contributed by atoms with Crippen LogP contribution in [0.4, 0.5) is 4.79 Å². The van der Waals surface area contributed by atoms with Crippen molar-refractivity contribution in [3.8, 4) is 0 Å². The van der Waals surface area contributed by atoms with Crippen molar-refractivity contribution < 1.29 is 17.9 Å². The number of nitrogens with one attached hydrogen (secondary N) is 2. The number of carbonyl (C=O) groups excluding carboxylic acids is 1. The van der Waals surface area contributed by atoms with E-state index >= 15 is 0 Å². The highest BCUT2D eigenvalue weighted by molar-refractivity contribution is 7.88. The molecule has 6 nitrogen and oxygen atoms in total. The van der Waals surface area contributed by atoms with Crippen LogP contribution in [0.2, 0.25) is 0 Å². The van der Waals surface area contributed by atoms with Crippen molar-refractivity contribution in [3.05, 3.63) is 0 Å². The van der Waals surface area contributed by atoms with Crippen molar-refractivity contribution in [1.29, 1.82) is 0 Å². The summed E-state index contributed by atoms with van der Waals surface area (Å²) in [7, 11) is -2.53. The quantitative estimate of drug-likeness (QED) is 0.815. The SMILES string of the molecule is CNS(=O)(=O)NC(=O)OC12CC3CC(CC(C3)C1)C2. The fourth-order valence-corrected chi connectivity index (χ4v) is 4.90. The van der Waals surface area contributed by atoms with Gasteiger partial charge in [0.15, 0.2) is 0 Å². The van der Waals surface area contributed by atoms with Gasteiger partial charge in [0.2, 0.25) is 0 Å². The Morgan fingerprint density at radius 3 is 2.00 bits per heavy atom. The molecule has 4 saturated carbocycles. The van der Waals surface area contributed by atoms with E-state index in [2.05, 4.69) is 0 Å². The smallest absolute Gasteiger partial charge is 0.422 e. The minimum atomic E-state index is -3.78. The molecule has 4 bridgehead atoms. The molecule has 4 rings (SSSR count). The molecule has 0 unspecified atom stereocenters. The average molecular weight is 288 g/mol. The van der Waals surface area contributed by atoms with E-state index in [9.17, 15) is 13.2 Å². The van der Waals surface area contributed by atoms with Crippen LogP contribution in [0.1, 0.15) is 38.5 Å². The van der Waals surface area contributed by atoms with Gasteiger partial charge in [-0.05, 0) is 56.3 Å². The lowest BCUT2D eigenvalue weighted by Gasteiger charge is -2.55. The highest BCUT2D eigenvalue weighted by Gasteiger charge is 2.53. The van der Waals surface area contributed by atoms with Crippen molar-refractivity contribution in [2.75, 3.05) is 7.05 Å². The molecule has 108 valence electrons. The topological polar surface area (TPSA) is 84.5 Å². The van der Waals surface area contributed by atoms with Crippen LogP contribution in [0.3, 0.4) is 0 Å². The third-order valence-electron chi connectivity index (χ3n) is 4.78. The van der Waals surface area contributed by atoms with Gasteiger partial charge < -0.3 is 4.74 Å². The van der Waals surface area contributed by atoms with Crippen LogP contribution in [0.5, 0.6) is 0 Å². The lowest BCUT2D eigenvalue weighted by Crippen LogP contribution is -2.54. The lowest BCUT2D eigenvalue weighted by atomic mass is 9.54. The summed E-state index contributed by atoms with van der Waals surface area (Å²) in [5.41, 5.74) is -0.415. The summed E-state index contributed by atoms with van der Waals surface area (Å²) >= 11 is 0. The number of carbonyl (C=O) groups is 1. The lowest BCUT2D eigenvalue weighted by molar-refractivity contribution is -0.126. The van der Waals surface area contributed by atoms with Gasteiger partial charge in [-0.25, -0.2) is 14.2 Å². The van der Waals surface area contributed by atoms with Gasteiger partial charge in [-0.15, -0.1) is 0 Å². The van der Waals surface area contributed by atoms with Gasteiger partial charge in [-0.2, -0.15) is 8.42 Å². The van der Waals surface area contributed by atoms with E-state index in [-0.39, 0.29) is 0 Å². The summed E-state index contributed by atoms with van der Waals surface area (Å²) in [5.74, 6) is 1.96. The van der Waals surface area contributed by atoms with Crippen LogP contribution in [-0.4, -0.2) is 27.2 Å². The van der Waals surface area contributed by atoms with E-state index in [0.717, 1.165) is 19.3 Å². The Morgan fingerprint density at radius 1 is 1.11 bits per heavy atom. The first-order valence-corrected chi connectivity index (χ1v) is 8.32. The van der Waals surface area contributed by atoms with E-state index < -0.39 is 21.9 Å². The van der Waals surface area contributed by atoms with Crippen LogP contribution in [0.15, 0.2) is 0 Å². The first-order chi connectivity index (χ1) is 8.90. The summed E-state index contributed by atoms with van der Waals surface area (Å²) in [6.07, 6.45) is 5.58. The second-order valence-electron chi connectivity index (χ2n) is 6.30. The van der Waals surface area contributed by atoms with E-state index in [1.54, 1.807) is 0 Å². The molecular formula is C12H20N2O4S. The van der Waals surface area contributed by atoms with Gasteiger partial charge in [-0.3, -0.25) is 0 Å². The van der Waals surface area contributed by atoms with Crippen LogP contribution >= 0.6 is 0 Å². The van der Waals surface area contributed by atoms with Gasteiger partial charge in [-0.1, -0.05) is 0 Å². The predicted molar refractivity (Wildman–Crippen MR) is 68.5 cm³/mol. The van der Waals surface area contributed by atoms with Crippen LogP contribution in [0.25, 0.3) is 0 Å². The van der Waals surface area contributed by atoms with Crippen molar-refractivity contribution in [2.45, 2.75) is 44.1 Å². The summed E-state index contributed by atoms with van der Waals surface area (Å²) in [6.45, 7) is 0. The van der Waals surface area contributed by atoms with Crippen LogP contribution in [-0.2, 0) is 14.9 Å². The zero-order chi connectivity index (χ0) is 13.7. The monoisotopic (exact) mass is 288 g/mol. The van der Waals surface area contributed by atoms with Crippen molar-refractivity contribution in [2.24, 2.45) is 17.8 Å². The van der Waals surface area contributed by atoms with Crippen LogP contribution in [0, 0.1) is 17.8 Å². The molecule has 0 atom stereocenters. The molecule has 4 fully saturated rings. The molecule has 0 heterocycles. The summed E-state index contributed by atoms with van der Waals surface area (Å²) < 4.78 is 32.0. The molecule has 4 aliphatic carbocycles. The molecule has 0 spiro atoms. The first-order valence-electron chi connectivity index (χ1n) is 6.84. The summed E-state index contributed by atoms with van der Waals surface area (Å²) in [6, 6.07) is 0. The highest BCUT2D eigenvalue weighted by atomic mass is 32.2. The molecule has 0 radical (unpaired) electrons. The number of amides is 1. The molecule has 0 aromatic carbocycles. The Kier molecular flexibility index (Phi) is 3.01. The van der Waals surface area contributed by atoms with Crippen LogP contribution < -0.4 is 9.44 Å². The predicted octanol–water partition coefficient (Wildman–Crippen LogP) is 1.15. The Balaban J connectivity index is 1.68. The fourth-order valence-electron chi connectivity index (χ4n) is 4.53. The zero-order valence-corrected chi connectivity index (χ0v) is 11.8. The van der Waals surface area contributed by atoms with E-state index in [0.29, 0.717) is 17.8 Å². The third kappa shape index (κ3) is 2.58. The highest BCUT2D eigenvalue weighted by Crippen LogP contribution is 2.57. The van der Waals surface area contributed by atoms with Gasteiger partial charge in [0.1, 0.15) is 5.60 Å². The molecule has 1 amide bonds. The van der Waals surface area contributed by atoms with E-state index in [1.807, 2.05) is 9.44 Å². The number of ether oxygens (including phenoxy) is 1. The van der Waals surface area contributed by atoms with Gasteiger partial charge in [0.25, 0.3) is 0 Å². The molecule has 0 aromatic rings. The second-order valence-corrected chi connectivity index (χ2v) is 7.92. The summed E-state index contributed by atoms with van der Waals surface area (Å²) in [4.78, 5) is 11.7. The summed E-state index contributed by atoms with van der Waals surface area (Å²) in [5, 5.41) is 0. The van der Waals surface area contributed by atoms with Gasteiger partial charge in [0.05, 0.1) is 0 Å². The third-order valence-corrected chi connectivity index (χ3v) is 5.75. The maximum atomic E-state index is 11.7. The molecule has 0 aromatic heterocycles. The fraction of sp³-hybridized carbons (Fsp3) is 0.917. The first kappa shape index (κ1) is 13.2. The zero-order valence-electron chi connectivity index (χ0n) is 11.0. The average Bonchev–Trinajstić information content (AvgIpc) is 2.25. The molecular weight excluding hydrogens is 268 g/mol. The molecule has 0 saturated heterocycles. The standard InChI is InChI=1S/C12H20N2O4S/c1-13-19(16,17)14-11(15)18-12-5-8-2-9(6-12)4-10(3-8)7-12/h8-10,13H,2-7H2,1H3,(H,14,15). The number of hydrogen-bond acceptors (Lipinski definition) is 4. The normalized spacial score (nSPS) is 40.2. The largest absolute Gasteiger partial charge is 0.442 e. The maximum Gasteiger partial charge on any atom is 0.422 e. The Morgan fingerprint density at radius 2 is 1.58 bits per heavy atom. The van der Waals surface area contributed by atoms with E-state index in [4.69, 9.17) is 4.74 Å². The van der Waals surface area contributed by atoms with Crippen molar-refractivity contribution >= 4 is 16.3 Å². The Hall–Kier alpha value is -0.820. The Bertz CT molecular complexity index is 453. The molecule has 4 aliphatic rings. The molecule has 0 aliphatic heterocycles. The minimum Gasteiger partial charge on any atom is -0.442 e. The van der Waals surface area contributed by atoms with Crippen molar-refractivity contribution in [3.63, 3.8) is 0 Å². The second kappa shape index (κ2) is 4.34. The molecule has 7 heteroatoms. The maximum absolute atomic E-state index is 11.7. The Labute approximate surface area is 113 Å². The van der Waals surface area contributed by atoms with Gasteiger partial charge in [0, 0.05) is 7.05 Å². The van der Waals surface area contributed by atoms with Gasteiger partial charge >= 0.3 is 16.3 Å².